The fourth-order valence-electron chi connectivity index (χ4n) is 2.35. The topological polar surface area (TPSA) is 20.2 Å². The van der Waals surface area contributed by atoms with Crippen molar-refractivity contribution in [2.45, 2.75) is 58.7 Å². The molecular formula is C14H21F3O. The van der Waals surface area contributed by atoms with E-state index in [9.17, 15) is 18.3 Å². The van der Waals surface area contributed by atoms with Crippen LogP contribution in [0.25, 0.3) is 0 Å². The molecule has 104 valence electrons. The van der Waals surface area contributed by atoms with Gasteiger partial charge in [-0.25, -0.2) is 0 Å². The summed E-state index contributed by atoms with van der Waals surface area (Å²) in [4.78, 5) is 0. The Morgan fingerprint density at radius 3 is 2.28 bits per heavy atom. The zero-order chi connectivity index (χ0) is 14.2. The van der Waals surface area contributed by atoms with Crippen LogP contribution in [-0.4, -0.2) is 16.9 Å². The third kappa shape index (κ3) is 3.16. The van der Waals surface area contributed by atoms with Gasteiger partial charge in [0.1, 0.15) is 0 Å². The van der Waals surface area contributed by atoms with E-state index in [4.69, 9.17) is 0 Å². The van der Waals surface area contributed by atoms with Crippen LogP contribution in [0.1, 0.15) is 47.0 Å². The van der Waals surface area contributed by atoms with Crippen molar-refractivity contribution in [3.05, 3.63) is 23.3 Å². The summed E-state index contributed by atoms with van der Waals surface area (Å²) in [5, 5.41) is 9.40. The Kier molecular flexibility index (Phi) is 4.01. The first-order valence-corrected chi connectivity index (χ1v) is 6.16. The summed E-state index contributed by atoms with van der Waals surface area (Å²) >= 11 is 0. The second-order valence-corrected chi connectivity index (χ2v) is 5.91. The number of halogens is 3. The number of aliphatic hydroxyl groups is 1. The average molecular weight is 262 g/mol. The van der Waals surface area contributed by atoms with Gasteiger partial charge in [0, 0.05) is 0 Å². The van der Waals surface area contributed by atoms with Gasteiger partial charge in [-0.1, -0.05) is 25.5 Å². The molecule has 1 N–H and O–H groups in total. The fourth-order valence-corrected chi connectivity index (χ4v) is 2.35. The van der Waals surface area contributed by atoms with Gasteiger partial charge in [0.15, 0.2) is 5.60 Å². The third-order valence-corrected chi connectivity index (χ3v) is 3.69. The predicted molar refractivity (Wildman–Crippen MR) is 66.2 cm³/mol. The second kappa shape index (κ2) is 4.72. The van der Waals surface area contributed by atoms with Gasteiger partial charge in [0.2, 0.25) is 0 Å². The van der Waals surface area contributed by atoms with Crippen molar-refractivity contribution in [3.63, 3.8) is 0 Å². The van der Waals surface area contributed by atoms with Crippen molar-refractivity contribution in [2.24, 2.45) is 5.41 Å². The number of rotatable bonds is 2. The quantitative estimate of drug-likeness (QED) is 0.782. The maximum atomic E-state index is 12.6. The van der Waals surface area contributed by atoms with Gasteiger partial charge >= 0.3 is 6.18 Å². The first kappa shape index (κ1) is 15.3. The Morgan fingerprint density at radius 2 is 1.83 bits per heavy atom. The molecule has 0 radical (unpaired) electrons. The Morgan fingerprint density at radius 1 is 1.28 bits per heavy atom. The maximum absolute atomic E-state index is 12.6. The molecule has 4 heteroatoms. The number of hydrogen-bond acceptors (Lipinski definition) is 1. The van der Waals surface area contributed by atoms with Gasteiger partial charge in [0.05, 0.1) is 0 Å². The maximum Gasteiger partial charge on any atom is 0.420 e. The van der Waals surface area contributed by atoms with Gasteiger partial charge in [0.25, 0.3) is 0 Å². The normalized spacial score (nSPS) is 24.4. The standard InChI is InChI=1S/C14H21F3O/c1-10-6-5-8-12(2,3)11(10)7-9-13(4,18)14(15,16)17/h7,9,18H,5-6,8H2,1-4H3/b9-7+. The third-order valence-electron chi connectivity index (χ3n) is 3.69. The zero-order valence-corrected chi connectivity index (χ0v) is 11.4. The van der Waals surface area contributed by atoms with Crippen LogP contribution in [-0.2, 0) is 0 Å². The molecule has 0 aromatic rings. The molecule has 0 amide bonds. The summed E-state index contributed by atoms with van der Waals surface area (Å²) in [5.74, 6) is 0. The van der Waals surface area contributed by atoms with E-state index in [1.807, 2.05) is 20.8 Å². The number of allylic oxidation sites excluding steroid dienone is 3. The first-order chi connectivity index (χ1) is 7.97. The number of alkyl halides is 3. The van der Waals surface area contributed by atoms with Crippen LogP contribution < -0.4 is 0 Å². The van der Waals surface area contributed by atoms with Crippen LogP contribution in [0.15, 0.2) is 23.3 Å². The Hall–Kier alpha value is -0.770. The summed E-state index contributed by atoms with van der Waals surface area (Å²) in [6, 6.07) is 0. The molecule has 1 unspecified atom stereocenters. The van der Waals surface area contributed by atoms with Crippen molar-refractivity contribution in [3.8, 4) is 0 Å². The monoisotopic (exact) mass is 262 g/mol. The molecule has 0 saturated heterocycles. The SMILES string of the molecule is CC1=C(/C=C/C(C)(O)C(F)(F)F)C(C)(C)CCC1. The van der Waals surface area contributed by atoms with E-state index in [2.05, 4.69) is 0 Å². The van der Waals surface area contributed by atoms with Crippen molar-refractivity contribution >= 4 is 0 Å². The molecular weight excluding hydrogens is 241 g/mol. The molecule has 0 bridgehead atoms. The lowest BCUT2D eigenvalue weighted by atomic mass is 9.72. The Labute approximate surface area is 106 Å². The van der Waals surface area contributed by atoms with Crippen LogP contribution in [0.5, 0.6) is 0 Å². The predicted octanol–water partition coefficient (Wildman–Crippen LogP) is 4.38. The summed E-state index contributed by atoms with van der Waals surface area (Å²) in [6.45, 7) is 6.77. The molecule has 1 rings (SSSR count). The highest BCUT2D eigenvalue weighted by Crippen LogP contribution is 2.41. The molecule has 0 aromatic heterocycles. The smallest absolute Gasteiger partial charge is 0.377 e. The lowest BCUT2D eigenvalue weighted by Gasteiger charge is -2.33. The van der Waals surface area contributed by atoms with E-state index in [1.54, 1.807) is 0 Å². The van der Waals surface area contributed by atoms with Gasteiger partial charge < -0.3 is 5.11 Å². The van der Waals surface area contributed by atoms with E-state index >= 15 is 0 Å². The average Bonchev–Trinajstić information content (AvgIpc) is 2.13. The van der Waals surface area contributed by atoms with Crippen molar-refractivity contribution < 1.29 is 18.3 Å². The van der Waals surface area contributed by atoms with E-state index in [0.29, 0.717) is 0 Å². The molecule has 1 aliphatic rings. The van der Waals surface area contributed by atoms with E-state index in [1.165, 1.54) is 6.08 Å². The van der Waals surface area contributed by atoms with Crippen LogP contribution in [0, 0.1) is 5.41 Å². The van der Waals surface area contributed by atoms with Crippen LogP contribution in [0.3, 0.4) is 0 Å². The minimum absolute atomic E-state index is 0.124. The van der Waals surface area contributed by atoms with E-state index in [0.717, 1.165) is 43.4 Å². The van der Waals surface area contributed by atoms with Gasteiger partial charge in [-0.15, -0.1) is 0 Å². The molecule has 0 saturated carbocycles. The Bertz CT molecular complexity index is 373. The highest BCUT2D eigenvalue weighted by Gasteiger charge is 2.48. The highest BCUT2D eigenvalue weighted by molar-refractivity contribution is 5.33. The van der Waals surface area contributed by atoms with Gasteiger partial charge in [-0.3, -0.25) is 0 Å². The minimum atomic E-state index is -4.64. The lowest BCUT2D eigenvalue weighted by molar-refractivity contribution is -0.232. The molecule has 1 atom stereocenters. The fraction of sp³-hybridized carbons (Fsp3) is 0.714. The summed E-state index contributed by atoms with van der Waals surface area (Å²) in [5.41, 5.74) is -0.868. The summed E-state index contributed by atoms with van der Waals surface area (Å²) < 4.78 is 37.7. The Balaban J connectivity index is 3.03. The minimum Gasteiger partial charge on any atom is -0.377 e. The molecule has 1 nitrogen and oxygen atoms in total. The molecule has 0 aromatic carbocycles. The van der Waals surface area contributed by atoms with E-state index < -0.39 is 11.8 Å². The highest BCUT2D eigenvalue weighted by atomic mass is 19.4. The molecule has 1 aliphatic carbocycles. The van der Waals surface area contributed by atoms with Crippen molar-refractivity contribution in [2.75, 3.05) is 0 Å². The molecule has 0 spiro atoms. The second-order valence-electron chi connectivity index (χ2n) is 5.91. The largest absolute Gasteiger partial charge is 0.420 e. The summed E-state index contributed by atoms with van der Waals surface area (Å²) in [7, 11) is 0. The van der Waals surface area contributed by atoms with Crippen LogP contribution >= 0.6 is 0 Å². The van der Waals surface area contributed by atoms with E-state index in [-0.39, 0.29) is 5.41 Å². The molecule has 18 heavy (non-hydrogen) atoms. The zero-order valence-electron chi connectivity index (χ0n) is 11.4. The van der Waals surface area contributed by atoms with Gasteiger partial charge in [-0.05, 0) is 50.2 Å². The van der Waals surface area contributed by atoms with Crippen molar-refractivity contribution in [1.29, 1.82) is 0 Å². The molecule has 0 fully saturated rings. The van der Waals surface area contributed by atoms with Gasteiger partial charge in [-0.2, -0.15) is 13.2 Å². The van der Waals surface area contributed by atoms with Crippen LogP contribution in [0.2, 0.25) is 0 Å². The van der Waals surface area contributed by atoms with Crippen molar-refractivity contribution in [1.82, 2.24) is 0 Å². The molecule has 0 aliphatic heterocycles. The first-order valence-electron chi connectivity index (χ1n) is 6.16. The number of hydrogen-bond donors (Lipinski definition) is 1. The lowest BCUT2D eigenvalue weighted by Crippen LogP contribution is -2.40. The van der Waals surface area contributed by atoms with Crippen LogP contribution in [0.4, 0.5) is 13.2 Å². The molecule has 0 heterocycles. The summed E-state index contributed by atoms with van der Waals surface area (Å²) in [6.07, 6.45) is 0.596.